The first-order valence-electron chi connectivity index (χ1n) is 6.12. The van der Waals surface area contributed by atoms with Gasteiger partial charge >= 0.3 is 0 Å². The molecule has 5 nitrogen and oxygen atoms in total. The van der Waals surface area contributed by atoms with Crippen molar-refractivity contribution in [1.29, 1.82) is 0 Å². The lowest BCUT2D eigenvalue weighted by molar-refractivity contribution is -0.0685. The molecule has 114 valence electrons. The van der Waals surface area contributed by atoms with Crippen molar-refractivity contribution in [2.75, 3.05) is 26.4 Å². The number of benzene rings is 1. The average molecular weight is 323 g/mol. The highest BCUT2D eigenvalue weighted by molar-refractivity contribution is 7.86. The molecule has 20 heavy (non-hydrogen) atoms. The van der Waals surface area contributed by atoms with Crippen LogP contribution in [0.4, 0.5) is 0 Å². The Morgan fingerprint density at radius 1 is 1.25 bits per heavy atom. The summed E-state index contributed by atoms with van der Waals surface area (Å²) in [5.41, 5.74) is 0.985. The van der Waals surface area contributed by atoms with Crippen LogP contribution in [0.15, 0.2) is 29.2 Å². The Balaban J connectivity index is 2.49. The predicted molar refractivity (Wildman–Crippen MR) is 76.4 cm³/mol. The predicted octanol–water partition coefficient (Wildman–Crippen LogP) is 2.32. The molecule has 0 aromatic heterocycles. The minimum absolute atomic E-state index is 0.0112. The normalized spacial score (nSPS) is 13.3. The van der Waals surface area contributed by atoms with Gasteiger partial charge in [-0.05, 0) is 25.5 Å². The van der Waals surface area contributed by atoms with E-state index in [2.05, 4.69) is 0 Å². The minimum atomic E-state index is -3.73. The summed E-state index contributed by atoms with van der Waals surface area (Å²) in [6, 6.07) is 6.48. The Morgan fingerprint density at radius 2 is 1.90 bits per heavy atom. The lowest BCUT2D eigenvalue weighted by atomic mass is 10.2. The summed E-state index contributed by atoms with van der Waals surface area (Å²) >= 11 is 5.70. The summed E-state index contributed by atoms with van der Waals surface area (Å²) in [6.45, 7) is 2.01. The van der Waals surface area contributed by atoms with Gasteiger partial charge in [0.2, 0.25) is 0 Å². The van der Waals surface area contributed by atoms with Crippen LogP contribution in [0, 0.1) is 6.92 Å². The highest BCUT2D eigenvalue weighted by atomic mass is 35.5. The number of halogens is 1. The molecule has 0 fully saturated rings. The molecule has 0 bridgehead atoms. The van der Waals surface area contributed by atoms with E-state index in [1.807, 2.05) is 6.92 Å². The molecule has 0 N–H and O–H groups in total. The fourth-order valence-electron chi connectivity index (χ4n) is 1.43. The molecule has 0 radical (unpaired) electrons. The first kappa shape index (κ1) is 17.4. The Labute approximate surface area is 124 Å². The molecule has 1 atom stereocenters. The molecule has 1 rings (SSSR count). The third-order valence-electron chi connectivity index (χ3n) is 2.58. The van der Waals surface area contributed by atoms with E-state index >= 15 is 0 Å². The zero-order chi connectivity index (χ0) is 15.0. The van der Waals surface area contributed by atoms with Crippen LogP contribution in [0.1, 0.15) is 12.0 Å². The van der Waals surface area contributed by atoms with E-state index in [-0.39, 0.29) is 30.3 Å². The molecular weight excluding hydrogens is 304 g/mol. The van der Waals surface area contributed by atoms with Crippen molar-refractivity contribution in [3.8, 4) is 0 Å². The van der Waals surface area contributed by atoms with E-state index in [0.29, 0.717) is 6.42 Å². The van der Waals surface area contributed by atoms with E-state index in [9.17, 15) is 8.42 Å². The van der Waals surface area contributed by atoms with Crippen molar-refractivity contribution in [3.05, 3.63) is 29.8 Å². The summed E-state index contributed by atoms with van der Waals surface area (Å²) in [5, 5.41) is 0. The molecule has 1 aromatic rings. The van der Waals surface area contributed by atoms with Gasteiger partial charge in [-0.15, -0.1) is 11.6 Å². The summed E-state index contributed by atoms with van der Waals surface area (Å²) in [7, 11) is -2.23. The van der Waals surface area contributed by atoms with Crippen molar-refractivity contribution >= 4 is 21.7 Å². The van der Waals surface area contributed by atoms with Gasteiger partial charge in [0, 0.05) is 13.0 Å². The van der Waals surface area contributed by atoms with Gasteiger partial charge in [-0.2, -0.15) is 8.42 Å². The van der Waals surface area contributed by atoms with Gasteiger partial charge in [-0.3, -0.25) is 4.18 Å². The SMILES string of the molecule is COCO[C@H](CCl)CCOS(=O)(=O)c1ccc(C)cc1. The minimum Gasteiger partial charge on any atom is -0.359 e. The highest BCUT2D eigenvalue weighted by Crippen LogP contribution is 2.14. The number of hydrogen-bond donors (Lipinski definition) is 0. The van der Waals surface area contributed by atoms with Gasteiger partial charge < -0.3 is 9.47 Å². The fourth-order valence-corrected chi connectivity index (χ4v) is 2.60. The summed E-state index contributed by atoms with van der Waals surface area (Å²) in [6.07, 6.45) is 0.0719. The number of ether oxygens (including phenoxy) is 2. The second kappa shape index (κ2) is 8.59. The summed E-state index contributed by atoms with van der Waals surface area (Å²) < 4.78 is 38.8. The van der Waals surface area contributed by atoms with E-state index in [1.165, 1.54) is 19.2 Å². The second-order valence-corrected chi connectivity index (χ2v) is 6.15. The quantitative estimate of drug-likeness (QED) is 0.396. The van der Waals surface area contributed by atoms with Gasteiger partial charge in [0.25, 0.3) is 10.1 Å². The lowest BCUT2D eigenvalue weighted by Crippen LogP contribution is -2.20. The smallest absolute Gasteiger partial charge is 0.296 e. The van der Waals surface area contributed by atoms with E-state index < -0.39 is 10.1 Å². The molecule has 0 aliphatic rings. The van der Waals surface area contributed by atoms with Crippen molar-refractivity contribution < 1.29 is 22.1 Å². The van der Waals surface area contributed by atoms with Gasteiger partial charge in [0.15, 0.2) is 0 Å². The van der Waals surface area contributed by atoms with Gasteiger partial charge in [0.05, 0.1) is 17.6 Å². The zero-order valence-corrected chi connectivity index (χ0v) is 13.1. The van der Waals surface area contributed by atoms with Crippen LogP contribution < -0.4 is 0 Å². The van der Waals surface area contributed by atoms with E-state index in [1.54, 1.807) is 12.1 Å². The molecule has 0 heterocycles. The summed E-state index contributed by atoms with van der Waals surface area (Å²) in [5.74, 6) is 0.247. The van der Waals surface area contributed by atoms with E-state index in [0.717, 1.165) is 5.56 Å². The topological polar surface area (TPSA) is 61.8 Å². The summed E-state index contributed by atoms with van der Waals surface area (Å²) in [4.78, 5) is 0.142. The maximum atomic E-state index is 11.9. The average Bonchev–Trinajstić information content (AvgIpc) is 2.43. The van der Waals surface area contributed by atoms with Crippen LogP contribution in [0.3, 0.4) is 0 Å². The number of alkyl halides is 1. The fraction of sp³-hybridized carbons (Fsp3) is 0.538. The molecule has 7 heteroatoms. The second-order valence-electron chi connectivity index (χ2n) is 4.23. The number of rotatable bonds is 9. The monoisotopic (exact) mass is 322 g/mol. The molecule has 0 unspecified atom stereocenters. The molecule has 0 spiro atoms. The third-order valence-corrected chi connectivity index (χ3v) is 4.25. The number of methoxy groups -OCH3 is 1. The van der Waals surface area contributed by atoms with Crippen LogP contribution in [0.5, 0.6) is 0 Å². The molecular formula is C13H19ClO5S. The van der Waals surface area contributed by atoms with Crippen LogP contribution in [0.2, 0.25) is 0 Å². The van der Waals surface area contributed by atoms with Gasteiger partial charge in [-0.1, -0.05) is 17.7 Å². The molecule has 0 amide bonds. The largest absolute Gasteiger partial charge is 0.359 e. The van der Waals surface area contributed by atoms with E-state index in [4.69, 9.17) is 25.3 Å². The lowest BCUT2D eigenvalue weighted by Gasteiger charge is -2.14. The van der Waals surface area contributed by atoms with Gasteiger partial charge in [0.1, 0.15) is 6.79 Å². The van der Waals surface area contributed by atoms with Crippen molar-refractivity contribution in [3.63, 3.8) is 0 Å². The van der Waals surface area contributed by atoms with Gasteiger partial charge in [-0.25, -0.2) is 0 Å². The first-order valence-corrected chi connectivity index (χ1v) is 8.06. The molecule has 0 saturated heterocycles. The van der Waals surface area contributed by atoms with Crippen molar-refractivity contribution in [2.45, 2.75) is 24.3 Å². The number of aryl methyl sites for hydroxylation is 1. The Hall–Kier alpha value is -0.660. The Kier molecular flexibility index (Phi) is 7.47. The van der Waals surface area contributed by atoms with Crippen LogP contribution in [-0.2, 0) is 23.8 Å². The zero-order valence-electron chi connectivity index (χ0n) is 11.5. The van der Waals surface area contributed by atoms with Crippen LogP contribution in [-0.4, -0.2) is 40.9 Å². The maximum Gasteiger partial charge on any atom is 0.296 e. The Bertz CT molecular complexity index is 486. The molecule has 0 aliphatic carbocycles. The van der Waals surface area contributed by atoms with Crippen molar-refractivity contribution in [2.24, 2.45) is 0 Å². The molecule has 1 aromatic carbocycles. The van der Waals surface area contributed by atoms with Crippen molar-refractivity contribution in [1.82, 2.24) is 0 Å². The maximum absolute atomic E-state index is 11.9. The Morgan fingerprint density at radius 3 is 2.45 bits per heavy atom. The standard InChI is InChI=1S/C13H19ClO5S/c1-11-3-5-13(6-4-11)20(15,16)19-8-7-12(9-14)18-10-17-2/h3-6,12H,7-10H2,1-2H3/t12-/m0/s1. The highest BCUT2D eigenvalue weighted by Gasteiger charge is 2.16. The third kappa shape index (κ3) is 5.76. The van der Waals surface area contributed by atoms with Crippen LogP contribution >= 0.6 is 11.6 Å². The molecule has 0 saturated carbocycles. The molecule has 0 aliphatic heterocycles. The first-order chi connectivity index (χ1) is 9.49. The van der Waals surface area contributed by atoms with Crippen LogP contribution in [0.25, 0.3) is 0 Å². The number of hydrogen-bond acceptors (Lipinski definition) is 5.